The van der Waals surface area contributed by atoms with Gasteiger partial charge in [-0.15, -0.1) is 0 Å². The summed E-state index contributed by atoms with van der Waals surface area (Å²) in [6.07, 6.45) is 0.675. The van der Waals surface area contributed by atoms with Crippen LogP contribution in [0, 0.1) is 11.6 Å². The van der Waals surface area contributed by atoms with Gasteiger partial charge in [-0.1, -0.05) is 0 Å². The van der Waals surface area contributed by atoms with Crippen molar-refractivity contribution in [2.45, 2.75) is 38.8 Å². The quantitative estimate of drug-likeness (QED) is 0.869. The maximum atomic E-state index is 14.2. The molecule has 0 saturated carbocycles. The van der Waals surface area contributed by atoms with E-state index < -0.39 is 29.6 Å². The number of nitrogens with one attached hydrogen (secondary N) is 1. The molecule has 0 spiro atoms. The smallest absolute Gasteiger partial charge is 0.256 e. The van der Waals surface area contributed by atoms with Crippen LogP contribution in [-0.2, 0) is 9.53 Å². The summed E-state index contributed by atoms with van der Waals surface area (Å²) < 4.78 is 33.6. The third kappa shape index (κ3) is 4.44. The van der Waals surface area contributed by atoms with Crippen molar-refractivity contribution in [3.63, 3.8) is 0 Å². The molecule has 2 heterocycles. The summed E-state index contributed by atoms with van der Waals surface area (Å²) in [7, 11) is 0. The predicted octanol–water partition coefficient (Wildman–Crippen LogP) is 2.25. The number of anilines is 1. The van der Waals surface area contributed by atoms with Gasteiger partial charge in [0.1, 0.15) is 17.7 Å². The van der Waals surface area contributed by atoms with E-state index in [-0.39, 0.29) is 11.3 Å². The van der Waals surface area contributed by atoms with Crippen molar-refractivity contribution in [1.82, 2.24) is 9.80 Å². The van der Waals surface area contributed by atoms with Crippen LogP contribution in [0.4, 0.5) is 14.5 Å². The molecule has 27 heavy (non-hydrogen) atoms. The minimum absolute atomic E-state index is 0.207. The lowest BCUT2D eigenvalue weighted by Crippen LogP contribution is -2.50. The number of rotatable bonds is 4. The normalized spacial score (nSPS) is 20.9. The Kier molecular flexibility index (Phi) is 6.06. The van der Waals surface area contributed by atoms with Crippen LogP contribution in [0.5, 0.6) is 0 Å². The fourth-order valence-corrected chi connectivity index (χ4v) is 3.42. The zero-order valence-electron chi connectivity index (χ0n) is 15.6. The first-order chi connectivity index (χ1) is 12.9. The molecule has 2 amide bonds. The van der Waals surface area contributed by atoms with Gasteiger partial charge in [-0.2, -0.15) is 0 Å². The highest BCUT2D eigenvalue weighted by atomic mass is 19.1. The van der Waals surface area contributed by atoms with Gasteiger partial charge >= 0.3 is 0 Å². The number of benzene rings is 1. The van der Waals surface area contributed by atoms with Crippen LogP contribution >= 0.6 is 0 Å². The van der Waals surface area contributed by atoms with E-state index >= 15 is 0 Å². The molecule has 1 aromatic carbocycles. The second kappa shape index (κ2) is 8.31. The molecule has 1 unspecified atom stereocenters. The second-order valence-electron chi connectivity index (χ2n) is 7.22. The highest BCUT2D eigenvalue weighted by molar-refractivity contribution is 5.98. The molecular weight excluding hydrogens is 356 g/mol. The lowest BCUT2D eigenvalue weighted by Gasteiger charge is -2.37. The van der Waals surface area contributed by atoms with Crippen LogP contribution in [-0.4, -0.2) is 66.5 Å². The van der Waals surface area contributed by atoms with Gasteiger partial charge in [0, 0.05) is 44.9 Å². The monoisotopic (exact) mass is 381 g/mol. The fraction of sp³-hybridized carbons (Fsp3) is 0.579. The van der Waals surface area contributed by atoms with Crippen molar-refractivity contribution in [2.75, 3.05) is 38.1 Å². The van der Waals surface area contributed by atoms with Crippen LogP contribution in [0.2, 0.25) is 0 Å². The Morgan fingerprint density at radius 2 is 1.85 bits per heavy atom. The maximum Gasteiger partial charge on any atom is 0.256 e. The van der Waals surface area contributed by atoms with Gasteiger partial charge in [0.2, 0.25) is 0 Å². The van der Waals surface area contributed by atoms with Gasteiger partial charge in [0.15, 0.2) is 0 Å². The van der Waals surface area contributed by atoms with Gasteiger partial charge in [0.05, 0.1) is 11.3 Å². The van der Waals surface area contributed by atoms with Gasteiger partial charge in [-0.25, -0.2) is 8.78 Å². The first-order valence-electron chi connectivity index (χ1n) is 9.31. The SMILES string of the molecule is CC(C)N1CCN(C(=O)c2cc(NC(=O)C3CCCO3)c(F)cc2F)CC1. The largest absolute Gasteiger partial charge is 0.368 e. The molecular formula is C19H25F2N3O3. The number of hydrogen-bond acceptors (Lipinski definition) is 4. The highest BCUT2D eigenvalue weighted by Gasteiger charge is 2.28. The Morgan fingerprint density at radius 1 is 1.15 bits per heavy atom. The van der Waals surface area contributed by atoms with E-state index in [0.717, 1.165) is 12.5 Å². The Labute approximate surface area is 157 Å². The third-order valence-corrected chi connectivity index (χ3v) is 5.10. The van der Waals surface area contributed by atoms with Crippen molar-refractivity contribution in [1.29, 1.82) is 0 Å². The summed E-state index contributed by atoms with van der Waals surface area (Å²) in [5.41, 5.74) is -0.446. The molecule has 0 bridgehead atoms. The molecule has 1 atom stereocenters. The van der Waals surface area contributed by atoms with Crippen molar-refractivity contribution >= 4 is 17.5 Å². The standard InChI is InChI=1S/C19H25F2N3O3/c1-12(2)23-5-7-24(8-6-23)19(26)13-10-16(15(21)11-14(13)20)22-18(25)17-4-3-9-27-17/h10-12,17H,3-9H2,1-2H3,(H,22,25). The highest BCUT2D eigenvalue weighted by Crippen LogP contribution is 2.23. The van der Waals surface area contributed by atoms with E-state index in [4.69, 9.17) is 4.74 Å². The average molecular weight is 381 g/mol. The van der Waals surface area contributed by atoms with E-state index in [9.17, 15) is 18.4 Å². The van der Waals surface area contributed by atoms with E-state index in [0.29, 0.717) is 51.3 Å². The molecule has 1 aromatic rings. The number of piperazine rings is 1. The first-order valence-corrected chi connectivity index (χ1v) is 9.31. The van der Waals surface area contributed by atoms with Gasteiger partial charge in [-0.3, -0.25) is 14.5 Å². The molecule has 0 aliphatic carbocycles. The summed E-state index contributed by atoms with van der Waals surface area (Å²) in [4.78, 5) is 28.6. The van der Waals surface area contributed by atoms with E-state index in [1.165, 1.54) is 0 Å². The van der Waals surface area contributed by atoms with Crippen molar-refractivity contribution in [2.24, 2.45) is 0 Å². The number of halogens is 2. The number of hydrogen-bond donors (Lipinski definition) is 1. The molecule has 8 heteroatoms. The summed E-state index contributed by atoms with van der Waals surface area (Å²) >= 11 is 0. The Hall–Kier alpha value is -2.06. The lowest BCUT2D eigenvalue weighted by molar-refractivity contribution is -0.124. The van der Waals surface area contributed by atoms with Crippen molar-refractivity contribution < 1.29 is 23.1 Å². The number of ether oxygens (including phenoxy) is 1. The molecule has 6 nitrogen and oxygen atoms in total. The Morgan fingerprint density at radius 3 is 2.44 bits per heavy atom. The Balaban J connectivity index is 1.73. The molecule has 0 radical (unpaired) electrons. The molecule has 1 N–H and O–H groups in total. The fourth-order valence-electron chi connectivity index (χ4n) is 3.42. The van der Waals surface area contributed by atoms with Gasteiger partial charge in [0.25, 0.3) is 11.8 Å². The number of amides is 2. The molecule has 2 saturated heterocycles. The minimum atomic E-state index is -0.932. The van der Waals surface area contributed by atoms with Gasteiger partial charge < -0.3 is 15.0 Å². The summed E-state index contributed by atoms with van der Waals surface area (Å²) in [6, 6.07) is 2.10. The van der Waals surface area contributed by atoms with Crippen LogP contribution in [0.25, 0.3) is 0 Å². The van der Waals surface area contributed by atoms with Crippen molar-refractivity contribution in [3.05, 3.63) is 29.3 Å². The van der Waals surface area contributed by atoms with Crippen LogP contribution in [0.3, 0.4) is 0 Å². The summed E-state index contributed by atoms with van der Waals surface area (Å²) in [5, 5.41) is 2.41. The molecule has 3 rings (SSSR count). The number of carbonyl (C=O) groups excluding carboxylic acids is 2. The summed E-state index contributed by atoms with van der Waals surface area (Å²) in [6.45, 7) is 7.01. The molecule has 2 aliphatic rings. The third-order valence-electron chi connectivity index (χ3n) is 5.10. The molecule has 2 aliphatic heterocycles. The minimum Gasteiger partial charge on any atom is -0.368 e. The van der Waals surface area contributed by atoms with E-state index in [1.54, 1.807) is 4.90 Å². The zero-order chi connectivity index (χ0) is 19.6. The molecule has 148 valence electrons. The van der Waals surface area contributed by atoms with E-state index in [1.807, 2.05) is 0 Å². The van der Waals surface area contributed by atoms with Crippen LogP contribution in [0.1, 0.15) is 37.0 Å². The second-order valence-corrected chi connectivity index (χ2v) is 7.22. The summed E-state index contributed by atoms with van der Waals surface area (Å²) in [5.74, 6) is -2.83. The number of carbonyl (C=O) groups is 2. The average Bonchev–Trinajstić information content (AvgIpc) is 3.18. The topological polar surface area (TPSA) is 61.9 Å². The predicted molar refractivity (Wildman–Crippen MR) is 96.6 cm³/mol. The number of nitrogens with zero attached hydrogens (tertiary/aromatic N) is 2. The van der Waals surface area contributed by atoms with Gasteiger partial charge in [-0.05, 0) is 32.8 Å². The van der Waals surface area contributed by atoms with Crippen molar-refractivity contribution in [3.8, 4) is 0 Å². The molecule has 0 aromatic heterocycles. The van der Waals surface area contributed by atoms with Crippen LogP contribution < -0.4 is 5.32 Å². The van der Waals surface area contributed by atoms with E-state index in [2.05, 4.69) is 24.1 Å². The Bertz CT molecular complexity index is 712. The lowest BCUT2D eigenvalue weighted by atomic mass is 10.1. The maximum absolute atomic E-state index is 14.2. The van der Waals surface area contributed by atoms with Crippen LogP contribution in [0.15, 0.2) is 12.1 Å². The zero-order valence-corrected chi connectivity index (χ0v) is 15.6. The molecule has 2 fully saturated rings. The first kappa shape index (κ1) is 19.7.